The van der Waals surface area contributed by atoms with Crippen LogP contribution in [0, 0.1) is 11.8 Å². The summed E-state index contributed by atoms with van der Waals surface area (Å²) in [5.74, 6) is 1.02. The first-order valence-corrected chi connectivity index (χ1v) is 8.05. The van der Waals surface area contributed by atoms with Gasteiger partial charge in [0.05, 0.1) is 19.6 Å². The summed E-state index contributed by atoms with van der Waals surface area (Å²) in [6, 6.07) is 5.51. The summed E-state index contributed by atoms with van der Waals surface area (Å²) in [6.45, 7) is 9.15. The highest BCUT2D eigenvalue weighted by atomic mass is 16.6. The van der Waals surface area contributed by atoms with E-state index in [0.29, 0.717) is 24.0 Å². The zero-order valence-electron chi connectivity index (χ0n) is 14.5. The van der Waals surface area contributed by atoms with Gasteiger partial charge in [0.2, 0.25) is 0 Å². The second-order valence-electron chi connectivity index (χ2n) is 6.51. The molecule has 1 aliphatic rings. The molecule has 0 radical (unpaired) electrons. The van der Waals surface area contributed by atoms with Gasteiger partial charge in [-0.15, -0.1) is 0 Å². The van der Waals surface area contributed by atoms with Gasteiger partial charge in [0.15, 0.2) is 11.5 Å². The molecule has 0 spiro atoms. The third-order valence-corrected chi connectivity index (χ3v) is 3.51. The Bertz CT molecular complexity index is 538. The van der Waals surface area contributed by atoms with E-state index in [4.69, 9.17) is 18.9 Å². The summed E-state index contributed by atoms with van der Waals surface area (Å²) < 4.78 is 21.9. The van der Waals surface area contributed by atoms with Gasteiger partial charge in [0.1, 0.15) is 12.2 Å². The van der Waals surface area contributed by atoms with Crippen molar-refractivity contribution < 1.29 is 23.7 Å². The second-order valence-corrected chi connectivity index (χ2v) is 6.51. The van der Waals surface area contributed by atoms with Crippen LogP contribution in [0.2, 0.25) is 0 Å². The molecule has 1 aromatic rings. The van der Waals surface area contributed by atoms with E-state index < -0.39 is 0 Å². The van der Waals surface area contributed by atoms with Gasteiger partial charge in [0, 0.05) is 6.61 Å². The molecule has 0 bridgehead atoms. The van der Waals surface area contributed by atoms with Gasteiger partial charge >= 0.3 is 5.97 Å². The van der Waals surface area contributed by atoms with Crippen molar-refractivity contribution in [1.29, 1.82) is 0 Å². The van der Waals surface area contributed by atoms with Crippen LogP contribution in [0.25, 0.3) is 0 Å². The number of carbonyl (C=O) groups is 1. The van der Waals surface area contributed by atoms with Crippen molar-refractivity contribution in [2.75, 3.05) is 20.3 Å². The summed E-state index contributed by atoms with van der Waals surface area (Å²) in [4.78, 5) is 11.7. The molecule has 0 amide bonds. The van der Waals surface area contributed by atoms with Crippen LogP contribution < -0.4 is 9.47 Å². The molecule has 0 aliphatic carbocycles. The van der Waals surface area contributed by atoms with Gasteiger partial charge in [-0.3, -0.25) is 4.79 Å². The minimum absolute atomic E-state index is 0.0194. The SMILES string of the molecule is COc1cc(C2OC2COCC(C)C)ccc1OC(=O)C(C)C. The fourth-order valence-corrected chi connectivity index (χ4v) is 2.15. The Kier molecular flexibility index (Phi) is 6.02. The fraction of sp³-hybridized carbons (Fsp3) is 0.611. The second kappa shape index (κ2) is 7.79. The number of methoxy groups -OCH3 is 1. The van der Waals surface area contributed by atoms with Crippen LogP contribution in [-0.4, -0.2) is 32.4 Å². The smallest absolute Gasteiger partial charge is 0.313 e. The first-order valence-electron chi connectivity index (χ1n) is 8.05. The molecule has 128 valence electrons. The molecule has 2 atom stereocenters. The van der Waals surface area contributed by atoms with Crippen LogP contribution in [-0.2, 0) is 14.3 Å². The van der Waals surface area contributed by atoms with Gasteiger partial charge in [0.25, 0.3) is 0 Å². The van der Waals surface area contributed by atoms with Crippen molar-refractivity contribution >= 4 is 5.97 Å². The highest BCUT2D eigenvalue weighted by Gasteiger charge is 2.40. The fourth-order valence-electron chi connectivity index (χ4n) is 2.15. The van der Waals surface area contributed by atoms with E-state index >= 15 is 0 Å². The number of epoxide rings is 1. The van der Waals surface area contributed by atoms with E-state index in [9.17, 15) is 4.79 Å². The normalized spacial score (nSPS) is 20.0. The van der Waals surface area contributed by atoms with Crippen molar-refractivity contribution in [3.05, 3.63) is 23.8 Å². The number of rotatable bonds is 8. The largest absolute Gasteiger partial charge is 0.493 e. The average Bonchev–Trinajstić information content (AvgIpc) is 3.26. The molecule has 0 saturated carbocycles. The molecule has 1 saturated heterocycles. The molecule has 5 nitrogen and oxygen atoms in total. The van der Waals surface area contributed by atoms with Crippen LogP contribution in [0.3, 0.4) is 0 Å². The summed E-state index contributed by atoms with van der Waals surface area (Å²) in [6.07, 6.45) is 0.105. The minimum atomic E-state index is -0.279. The molecule has 1 heterocycles. The number of hydrogen-bond acceptors (Lipinski definition) is 5. The average molecular weight is 322 g/mol. The zero-order chi connectivity index (χ0) is 17.0. The van der Waals surface area contributed by atoms with E-state index in [0.717, 1.165) is 12.2 Å². The van der Waals surface area contributed by atoms with Crippen LogP contribution >= 0.6 is 0 Å². The first kappa shape index (κ1) is 17.8. The highest BCUT2D eigenvalue weighted by molar-refractivity contribution is 5.75. The predicted octanol–water partition coefficient (Wildman–Crippen LogP) is 3.37. The summed E-state index contributed by atoms with van der Waals surface area (Å²) in [5, 5.41) is 0. The van der Waals surface area contributed by atoms with Gasteiger partial charge in [-0.1, -0.05) is 33.8 Å². The Balaban J connectivity index is 1.96. The lowest BCUT2D eigenvalue weighted by atomic mass is 10.1. The van der Waals surface area contributed by atoms with Crippen LogP contribution in [0.1, 0.15) is 39.4 Å². The number of benzene rings is 1. The molecule has 2 rings (SSSR count). The van der Waals surface area contributed by atoms with E-state index in [-0.39, 0.29) is 24.1 Å². The Morgan fingerprint density at radius 2 is 1.96 bits per heavy atom. The zero-order valence-corrected chi connectivity index (χ0v) is 14.5. The number of carbonyl (C=O) groups excluding carboxylic acids is 1. The summed E-state index contributed by atoms with van der Waals surface area (Å²) in [7, 11) is 1.56. The van der Waals surface area contributed by atoms with Gasteiger partial charge in [-0.05, 0) is 23.6 Å². The highest BCUT2D eigenvalue weighted by Crippen LogP contribution is 2.42. The maximum Gasteiger partial charge on any atom is 0.313 e. The molecule has 2 unspecified atom stereocenters. The van der Waals surface area contributed by atoms with Gasteiger partial charge < -0.3 is 18.9 Å². The van der Waals surface area contributed by atoms with E-state index in [2.05, 4.69) is 13.8 Å². The number of esters is 1. The molecule has 1 aliphatic heterocycles. The Labute approximate surface area is 137 Å². The monoisotopic (exact) mass is 322 g/mol. The van der Waals surface area contributed by atoms with Crippen molar-refractivity contribution in [1.82, 2.24) is 0 Å². The van der Waals surface area contributed by atoms with Crippen LogP contribution in [0.5, 0.6) is 11.5 Å². The van der Waals surface area contributed by atoms with Gasteiger partial charge in [-0.2, -0.15) is 0 Å². The van der Waals surface area contributed by atoms with Crippen molar-refractivity contribution in [3.8, 4) is 11.5 Å². The number of hydrogen-bond donors (Lipinski definition) is 0. The van der Waals surface area contributed by atoms with E-state index in [1.165, 1.54) is 0 Å². The molecule has 5 heteroatoms. The number of ether oxygens (including phenoxy) is 4. The lowest BCUT2D eigenvalue weighted by Gasteiger charge is -2.11. The molecule has 0 N–H and O–H groups in total. The third-order valence-electron chi connectivity index (χ3n) is 3.51. The summed E-state index contributed by atoms with van der Waals surface area (Å²) in [5.41, 5.74) is 1.00. The standard InChI is InChI=1S/C18H26O5/c1-11(2)9-21-10-16-17(22-16)13-6-7-14(15(8-13)20-5)23-18(19)12(3)4/h6-8,11-12,16-17H,9-10H2,1-5H3. The minimum Gasteiger partial charge on any atom is -0.493 e. The lowest BCUT2D eigenvalue weighted by molar-refractivity contribution is -0.137. The molecular formula is C18H26O5. The lowest BCUT2D eigenvalue weighted by Crippen LogP contribution is -2.15. The first-order chi connectivity index (χ1) is 10.9. The quantitative estimate of drug-likeness (QED) is 0.417. The van der Waals surface area contributed by atoms with Crippen LogP contribution in [0.4, 0.5) is 0 Å². The Morgan fingerprint density at radius 1 is 1.22 bits per heavy atom. The maximum atomic E-state index is 11.7. The van der Waals surface area contributed by atoms with Crippen molar-refractivity contribution in [2.24, 2.45) is 11.8 Å². The van der Waals surface area contributed by atoms with E-state index in [1.54, 1.807) is 27.0 Å². The summed E-state index contributed by atoms with van der Waals surface area (Å²) >= 11 is 0. The van der Waals surface area contributed by atoms with E-state index in [1.807, 2.05) is 12.1 Å². The predicted molar refractivity (Wildman–Crippen MR) is 86.7 cm³/mol. The molecule has 23 heavy (non-hydrogen) atoms. The third kappa shape index (κ3) is 4.94. The van der Waals surface area contributed by atoms with Gasteiger partial charge in [-0.25, -0.2) is 0 Å². The Hall–Kier alpha value is -1.59. The Morgan fingerprint density at radius 3 is 2.57 bits per heavy atom. The maximum absolute atomic E-state index is 11.7. The van der Waals surface area contributed by atoms with Crippen molar-refractivity contribution in [3.63, 3.8) is 0 Å². The topological polar surface area (TPSA) is 57.3 Å². The molecule has 0 aromatic heterocycles. The molecule has 1 fully saturated rings. The molecular weight excluding hydrogens is 296 g/mol. The van der Waals surface area contributed by atoms with Crippen LogP contribution in [0.15, 0.2) is 18.2 Å². The molecule has 1 aromatic carbocycles. The van der Waals surface area contributed by atoms with Crippen molar-refractivity contribution in [2.45, 2.75) is 39.9 Å².